The lowest BCUT2D eigenvalue weighted by atomic mass is 10.3. The summed E-state index contributed by atoms with van der Waals surface area (Å²) in [7, 11) is 0. The van der Waals surface area contributed by atoms with Crippen molar-refractivity contribution < 1.29 is 9.53 Å². The van der Waals surface area contributed by atoms with Crippen LogP contribution < -0.4 is 15.8 Å². The molecule has 0 saturated carbocycles. The zero-order valence-electron chi connectivity index (χ0n) is 12.6. The number of rotatable bonds is 7. The largest absolute Gasteiger partial charge is 0.491 e. The van der Waals surface area contributed by atoms with Crippen molar-refractivity contribution in [2.75, 3.05) is 18.9 Å². The molecule has 1 aromatic heterocycles. The van der Waals surface area contributed by atoms with E-state index in [0.717, 1.165) is 23.2 Å². The van der Waals surface area contributed by atoms with Crippen LogP contribution in [0.3, 0.4) is 0 Å². The number of fused-ring (bicyclic) bond motifs is 1. The zero-order chi connectivity index (χ0) is 15.2. The molecule has 6 nitrogen and oxygen atoms in total. The molecule has 2 rings (SSSR count). The second-order valence-electron chi connectivity index (χ2n) is 4.80. The van der Waals surface area contributed by atoms with Crippen LogP contribution in [0.15, 0.2) is 18.2 Å². The molecular formula is C15H22N4O2. The number of nitrogens with one attached hydrogen (secondary N) is 1. The third-order valence-electron chi connectivity index (χ3n) is 3.17. The van der Waals surface area contributed by atoms with E-state index in [9.17, 15) is 4.79 Å². The van der Waals surface area contributed by atoms with Crippen LogP contribution in [0.1, 0.15) is 26.7 Å². The van der Waals surface area contributed by atoms with Gasteiger partial charge in [-0.2, -0.15) is 0 Å². The van der Waals surface area contributed by atoms with Crippen LogP contribution in [0.25, 0.3) is 11.0 Å². The number of hydrogen-bond acceptors (Lipinski definition) is 4. The fourth-order valence-corrected chi connectivity index (χ4v) is 2.20. The topological polar surface area (TPSA) is 82.2 Å². The van der Waals surface area contributed by atoms with Crippen LogP contribution in [0.5, 0.6) is 5.75 Å². The van der Waals surface area contributed by atoms with Gasteiger partial charge in [0.15, 0.2) is 0 Å². The van der Waals surface area contributed by atoms with Crippen molar-refractivity contribution in [3.05, 3.63) is 18.2 Å². The normalized spacial score (nSPS) is 10.8. The lowest BCUT2D eigenvalue weighted by Gasteiger charge is -2.07. The number of para-hydroxylation sites is 1. The van der Waals surface area contributed by atoms with Crippen LogP contribution >= 0.6 is 0 Å². The highest BCUT2D eigenvalue weighted by atomic mass is 16.5. The van der Waals surface area contributed by atoms with Gasteiger partial charge in [-0.3, -0.25) is 4.79 Å². The van der Waals surface area contributed by atoms with E-state index in [4.69, 9.17) is 10.5 Å². The molecule has 0 unspecified atom stereocenters. The first-order valence-corrected chi connectivity index (χ1v) is 7.31. The molecule has 6 heteroatoms. The molecule has 3 N–H and O–H groups in total. The predicted octanol–water partition coefficient (Wildman–Crippen LogP) is 1.93. The van der Waals surface area contributed by atoms with Gasteiger partial charge in [0.05, 0.1) is 12.1 Å². The van der Waals surface area contributed by atoms with Gasteiger partial charge in [-0.05, 0) is 25.5 Å². The lowest BCUT2D eigenvalue weighted by Crippen LogP contribution is -2.24. The van der Waals surface area contributed by atoms with Gasteiger partial charge >= 0.3 is 0 Å². The molecule has 0 aliphatic carbocycles. The van der Waals surface area contributed by atoms with E-state index in [1.54, 1.807) is 0 Å². The van der Waals surface area contributed by atoms with E-state index < -0.39 is 0 Å². The number of carbonyl (C=O) groups excluding carboxylic acids is 1. The van der Waals surface area contributed by atoms with Crippen molar-refractivity contribution in [3.8, 4) is 5.75 Å². The fraction of sp³-hybridized carbons (Fsp3) is 0.467. The Morgan fingerprint density at radius 2 is 2.24 bits per heavy atom. The highest BCUT2D eigenvalue weighted by Crippen LogP contribution is 2.27. The molecule has 0 radical (unpaired) electrons. The van der Waals surface area contributed by atoms with Gasteiger partial charge in [-0.15, -0.1) is 0 Å². The second kappa shape index (κ2) is 6.97. The number of nitrogens with zero attached hydrogens (tertiary/aromatic N) is 2. The Morgan fingerprint density at radius 3 is 2.95 bits per heavy atom. The quantitative estimate of drug-likeness (QED) is 0.816. The maximum absolute atomic E-state index is 11.6. The SMILES string of the molecule is CCCOc1cccc2c1nc(N)n2CCC(=O)NCC. The lowest BCUT2D eigenvalue weighted by molar-refractivity contribution is -0.121. The van der Waals surface area contributed by atoms with Crippen molar-refractivity contribution in [2.45, 2.75) is 33.2 Å². The van der Waals surface area contributed by atoms with Crippen molar-refractivity contribution in [3.63, 3.8) is 0 Å². The predicted molar refractivity (Wildman–Crippen MR) is 83.2 cm³/mol. The van der Waals surface area contributed by atoms with Crippen LogP contribution in [0.4, 0.5) is 5.95 Å². The summed E-state index contributed by atoms with van der Waals surface area (Å²) in [6, 6.07) is 5.74. The van der Waals surface area contributed by atoms with E-state index in [-0.39, 0.29) is 5.91 Å². The first-order valence-electron chi connectivity index (χ1n) is 7.31. The van der Waals surface area contributed by atoms with Crippen molar-refractivity contribution in [2.24, 2.45) is 0 Å². The molecule has 0 spiro atoms. The highest BCUT2D eigenvalue weighted by molar-refractivity contribution is 5.84. The standard InChI is InChI=1S/C15H22N4O2/c1-3-10-21-12-7-5-6-11-14(12)18-15(16)19(11)9-8-13(20)17-4-2/h5-7H,3-4,8-10H2,1-2H3,(H2,16,18)(H,17,20). The average molecular weight is 290 g/mol. The summed E-state index contributed by atoms with van der Waals surface area (Å²) in [5, 5.41) is 2.78. The minimum absolute atomic E-state index is 0.0112. The number of anilines is 1. The molecule has 0 saturated heterocycles. The second-order valence-corrected chi connectivity index (χ2v) is 4.80. The van der Waals surface area contributed by atoms with Crippen molar-refractivity contribution >= 4 is 22.9 Å². The third kappa shape index (κ3) is 3.45. The summed E-state index contributed by atoms with van der Waals surface area (Å²) in [5.41, 5.74) is 7.62. The maximum atomic E-state index is 11.6. The monoisotopic (exact) mass is 290 g/mol. The molecule has 1 heterocycles. The summed E-state index contributed by atoms with van der Waals surface area (Å²) in [4.78, 5) is 16.0. The zero-order valence-corrected chi connectivity index (χ0v) is 12.6. The smallest absolute Gasteiger partial charge is 0.221 e. The summed E-state index contributed by atoms with van der Waals surface area (Å²) in [6.07, 6.45) is 1.31. The number of amides is 1. The van der Waals surface area contributed by atoms with Gasteiger partial charge in [0.25, 0.3) is 0 Å². The van der Waals surface area contributed by atoms with Crippen LogP contribution in [-0.2, 0) is 11.3 Å². The van der Waals surface area contributed by atoms with Gasteiger partial charge in [0, 0.05) is 19.5 Å². The molecule has 0 fully saturated rings. The molecule has 0 aliphatic rings. The van der Waals surface area contributed by atoms with Crippen LogP contribution in [0, 0.1) is 0 Å². The van der Waals surface area contributed by atoms with Gasteiger partial charge in [0.1, 0.15) is 11.3 Å². The summed E-state index contributed by atoms with van der Waals surface area (Å²) < 4.78 is 7.54. The number of aryl methyl sites for hydroxylation is 1. The van der Waals surface area contributed by atoms with Gasteiger partial charge < -0.3 is 20.4 Å². The number of nitrogens with two attached hydrogens (primary N) is 1. The molecule has 1 aromatic carbocycles. The molecule has 21 heavy (non-hydrogen) atoms. The average Bonchev–Trinajstić information content (AvgIpc) is 2.79. The highest BCUT2D eigenvalue weighted by Gasteiger charge is 2.13. The van der Waals surface area contributed by atoms with E-state index in [1.807, 2.05) is 29.7 Å². The number of carbonyl (C=O) groups is 1. The van der Waals surface area contributed by atoms with Gasteiger partial charge in [-0.25, -0.2) is 4.98 Å². The Hall–Kier alpha value is -2.24. The molecular weight excluding hydrogens is 268 g/mol. The Bertz CT molecular complexity index is 621. The minimum atomic E-state index is 0.0112. The number of hydrogen-bond donors (Lipinski definition) is 2. The van der Waals surface area contributed by atoms with Gasteiger partial charge in [0.2, 0.25) is 11.9 Å². The van der Waals surface area contributed by atoms with Crippen molar-refractivity contribution in [1.82, 2.24) is 14.9 Å². The van der Waals surface area contributed by atoms with Gasteiger partial charge in [-0.1, -0.05) is 13.0 Å². The summed E-state index contributed by atoms with van der Waals surface area (Å²) >= 11 is 0. The Morgan fingerprint density at radius 1 is 1.43 bits per heavy atom. The first-order chi connectivity index (χ1) is 10.2. The fourth-order valence-electron chi connectivity index (χ4n) is 2.20. The number of ether oxygens (including phenoxy) is 1. The number of imidazole rings is 1. The van der Waals surface area contributed by atoms with E-state index in [2.05, 4.69) is 17.2 Å². The molecule has 1 amide bonds. The number of aromatic nitrogens is 2. The molecule has 0 atom stereocenters. The van der Waals surface area contributed by atoms with E-state index >= 15 is 0 Å². The van der Waals surface area contributed by atoms with Crippen LogP contribution in [-0.4, -0.2) is 28.6 Å². The molecule has 0 aliphatic heterocycles. The van der Waals surface area contributed by atoms with Crippen LogP contribution in [0.2, 0.25) is 0 Å². The molecule has 0 bridgehead atoms. The summed E-state index contributed by atoms with van der Waals surface area (Å²) in [6.45, 7) is 5.74. The van der Waals surface area contributed by atoms with Crippen molar-refractivity contribution in [1.29, 1.82) is 0 Å². The number of nitrogen functional groups attached to an aromatic ring is 1. The van der Waals surface area contributed by atoms with E-state index in [1.165, 1.54) is 0 Å². The first kappa shape index (κ1) is 15.2. The third-order valence-corrected chi connectivity index (χ3v) is 3.17. The summed E-state index contributed by atoms with van der Waals surface area (Å²) in [5.74, 6) is 1.15. The Balaban J connectivity index is 2.24. The Kier molecular flexibility index (Phi) is 5.03. The number of benzene rings is 1. The molecule has 2 aromatic rings. The van der Waals surface area contributed by atoms with E-state index in [0.29, 0.717) is 32.1 Å². The maximum Gasteiger partial charge on any atom is 0.221 e. The minimum Gasteiger partial charge on any atom is -0.491 e. The molecule has 114 valence electrons. The Labute approximate surface area is 124 Å².